The lowest BCUT2D eigenvalue weighted by Crippen LogP contribution is -2.33. The van der Waals surface area contributed by atoms with Crippen LogP contribution in [0.3, 0.4) is 0 Å². The van der Waals surface area contributed by atoms with Gasteiger partial charge in [-0.2, -0.15) is 5.10 Å². The lowest BCUT2D eigenvalue weighted by atomic mass is 10.1. The van der Waals surface area contributed by atoms with Gasteiger partial charge in [-0.15, -0.1) is 0 Å². The summed E-state index contributed by atoms with van der Waals surface area (Å²) in [6, 6.07) is 14.7. The molecule has 0 saturated carbocycles. The lowest BCUT2D eigenvalue weighted by Gasteiger charge is -2.09. The van der Waals surface area contributed by atoms with E-state index in [9.17, 15) is 29.8 Å². The number of anilines is 1. The summed E-state index contributed by atoms with van der Waals surface area (Å²) in [4.78, 5) is 44.9. The predicted molar refractivity (Wildman–Crippen MR) is 131 cm³/mol. The van der Waals surface area contributed by atoms with Gasteiger partial charge in [0.05, 0.1) is 21.6 Å². The summed E-state index contributed by atoms with van der Waals surface area (Å²) in [5.41, 5.74) is 4.54. The Morgan fingerprint density at radius 1 is 0.889 bits per heavy atom. The summed E-state index contributed by atoms with van der Waals surface area (Å²) in [6.45, 7) is 5.34. The van der Waals surface area contributed by atoms with Gasteiger partial charge in [0.15, 0.2) is 0 Å². The Hall–Kier alpha value is -5.13. The number of nitrogens with zero attached hydrogens (tertiary/aromatic N) is 3. The minimum absolute atomic E-state index is 0.161. The van der Waals surface area contributed by atoms with Crippen molar-refractivity contribution >= 4 is 34.6 Å². The summed E-state index contributed by atoms with van der Waals surface area (Å²) in [6.07, 6.45) is 0. The normalized spacial score (nSPS) is 10.9. The SMILES string of the molecule is C/C(=N\NC(=O)C(=O)Nc1ccc(C)cc1C)c1ccc(Oc2ccc([N+](=O)[O-])cc2[N+](=O)[O-])cc1. The zero-order valence-corrected chi connectivity index (χ0v) is 19.5. The van der Waals surface area contributed by atoms with Crippen molar-refractivity contribution in [2.75, 3.05) is 5.32 Å². The van der Waals surface area contributed by atoms with E-state index in [2.05, 4.69) is 15.8 Å². The molecule has 0 heterocycles. The molecule has 36 heavy (non-hydrogen) atoms. The molecule has 2 N–H and O–H groups in total. The molecular weight excluding hydrogens is 470 g/mol. The number of hydrogen-bond donors (Lipinski definition) is 2. The molecule has 0 aliphatic rings. The van der Waals surface area contributed by atoms with E-state index >= 15 is 0 Å². The maximum absolute atomic E-state index is 12.2. The van der Waals surface area contributed by atoms with Crippen LogP contribution < -0.4 is 15.5 Å². The van der Waals surface area contributed by atoms with Crippen molar-refractivity contribution in [2.24, 2.45) is 5.10 Å². The van der Waals surface area contributed by atoms with Crippen molar-refractivity contribution in [3.05, 3.63) is 97.6 Å². The number of ether oxygens (including phenoxy) is 1. The first-order valence-corrected chi connectivity index (χ1v) is 10.5. The Labute approximate surface area is 204 Å². The number of nitro benzene ring substituents is 2. The van der Waals surface area contributed by atoms with Gasteiger partial charge < -0.3 is 10.1 Å². The van der Waals surface area contributed by atoms with Gasteiger partial charge >= 0.3 is 17.5 Å². The average molecular weight is 491 g/mol. The zero-order valence-electron chi connectivity index (χ0n) is 19.5. The van der Waals surface area contributed by atoms with Crippen LogP contribution >= 0.6 is 0 Å². The van der Waals surface area contributed by atoms with Crippen molar-refractivity contribution in [1.82, 2.24) is 5.43 Å². The smallest absolute Gasteiger partial charge is 0.329 e. The fourth-order valence-corrected chi connectivity index (χ4v) is 3.12. The van der Waals surface area contributed by atoms with Crippen LogP contribution in [0.5, 0.6) is 11.5 Å². The largest absolute Gasteiger partial charge is 0.450 e. The standard InChI is InChI=1S/C24H21N5O7/c1-14-4-10-20(15(2)12-14)25-23(30)24(31)27-26-16(3)17-5-8-19(9-6-17)36-22-11-7-18(28(32)33)13-21(22)29(34)35/h4-13H,1-3H3,(H,25,30)(H,27,31)/b26-16+. The lowest BCUT2D eigenvalue weighted by molar-refractivity contribution is -0.394. The summed E-state index contributed by atoms with van der Waals surface area (Å²) in [5, 5.41) is 28.6. The van der Waals surface area contributed by atoms with Crippen molar-refractivity contribution < 1.29 is 24.2 Å². The summed E-state index contributed by atoms with van der Waals surface area (Å²) < 4.78 is 5.52. The Bertz CT molecular complexity index is 1380. The number of carbonyl (C=O) groups excluding carboxylic acids is 2. The topological polar surface area (TPSA) is 166 Å². The summed E-state index contributed by atoms with van der Waals surface area (Å²) in [7, 11) is 0. The minimum Gasteiger partial charge on any atom is -0.450 e. The number of non-ortho nitro benzene ring substituents is 1. The number of amides is 2. The third-order valence-corrected chi connectivity index (χ3v) is 5.01. The second-order valence-electron chi connectivity index (χ2n) is 7.70. The molecule has 0 atom stereocenters. The second-order valence-corrected chi connectivity index (χ2v) is 7.70. The fourth-order valence-electron chi connectivity index (χ4n) is 3.12. The number of benzene rings is 3. The molecule has 0 unspecified atom stereocenters. The van der Waals surface area contributed by atoms with Crippen LogP contribution in [0.4, 0.5) is 17.1 Å². The summed E-state index contributed by atoms with van der Waals surface area (Å²) in [5.74, 6) is -1.74. The van der Waals surface area contributed by atoms with Gasteiger partial charge in [0, 0.05) is 11.8 Å². The fraction of sp³-hybridized carbons (Fsp3) is 0.125. The van der Waals surface area contributed by atoms with E-state index in [1.807, 2.05) is 26.0 Å². The van der Waals surface area contributed by atoms with Gasteiger partial charge in [0.2, 0.25) is 5.75 Å². The highest BCUT2D eigenvalue weighted by molar-refractivity contribution is 6.39. The van der Waals surface area contributed by atoms with Gasteiger partial charge in [0.1, 0.15) is 5.75 Å². The van der Waals surface area contributed by atoms with Crippen molar-refractivity contribution in [2.45, 2.75) is 20.8 Å². The molecule has 2 amide bonds. The zero-order chi connectivity index (χ0) is 26.4. The Balaban J connectivity index is 1.65. The Morgan fingerprint density at radius 2 is 1.58 bits per heavy atom. The molecule has 0 aromatic heterocycles. The van der Waals surface area contributed by atoms with Crippen LogP contribution in [0.25, 0.3) is 0 Å². The first-order chi connectivity index (χ1) is 17.0. The highest BCUT2D eigenvalue weighted by Crippen LogP contribution is 2.34. The van der Waals surface area contributed by atoms with Crippen molar-refractivity contribution in [3.8, 4) is 11.5 Å². The van der Waals surface area contributed by atoms with Gasteiger partial charge in [0.25, 0.3) is 5.69 Å². The van der Waals surface area contributed by atoms with E-state index < -0.39 is 33.0 Å². The third-order valence-electron chi connectivity index (χ3n) is 5.01. The van der Waals surface area contributed by atoms with Crippen LogP contribution in [0.1, 0.15) is 23.6 Å². The molecule has 0 bridgehead atoms. The second kappa shape index (κ2) is 10.9. The number of aryl methyl sites for hydroxylation is 2. The van der Waals surface area contributed by atoms with Crippen LogP contribution in [0, 0.1) is 34.1 Å². The first-order valence-electron chi connectivity index (χ1n) is 10.5. The number of hydrazone groups is 1. The van der Waals surface area contributed by atoms with Gasteiger partial charge in [-0.1, -0.05) is 17.7 Å². The van der Waals surface area contributed by atoms with E-state index in [1.165, 1.54) is 12.1 Å². The van der Waals surface area contributed by atoms with Crippen LogP contribution in [-0.4, -0.2) is 27.4 Å². The highest BCUT2D eigenvalue weighted by Gasteiger charge is 2.21. The molecule has 3 aromatic rings. The molecule has 0 radical (unpaired) electrons. The number of hydrogen-bond acceptors (Lipinski definition) is 8. The van der Waals surface area contributed by atoms with Crippen LogP contribution in [-0.2, 0) is 9.59 Å². The molecule has 12 nitrogen and oxygen atoms in total. The van der Waals surface area contributed by atoms with Gasteiger partial charge in [-0.05, 0) is 68.3 Å². The molecule has 0 saturated heterocycles. The van der Waals surface area contributed by atoms with E-state index in [4.69, 9.17) is 4.74 Å². The quantitative estimate of drug-likeness (QED) is 0.214. The number of nitro groups is 2. The molecule has 0 aliphatic heterocycles. The third kappa shape index (κ3) is 6.26. The molecule has 12 heteroatoms. The van der Waals surface area contributed by atoms with Gasteiger partial charge in [-0.25, -0.2) is 5.43 Å². The predicted octanol–water partition coefficient (Wildman–Crippen LogP) is 4.39. The van der Waals surface area contributed by atoms with Crippen molar-refractivity contribution in [1.29, 1.82) is 0 Å². The van der Waals surface area contributed by atoms with E-state index in [0.717, 1.165) is 29.3 Å². The number of rotatable bonds is 7. The van der Waals surface area contributed by atoms with Gasteiger partial charge in [-0.3, -0.25) is 29.8 Å². The maximum Gasteiger partial charge on any atom is 0.329 e. The van der Waals surface area contributed by atoms with Crippen LogP contribution in [0.15, 0.2) is 65.8 Å². The van der Waals surface area contributed by atoms with E-state index in [1.54, 1.807) is 25.1 Å². The van der Waals surface area contributed by atoms with E-state index in [-0.39, 0.29) is 11.5 Å². The molecule has 0 aliphatic carbocycles. The van der Waals surface area contributed by atoms with E-state index in [0.29, 0.717) is 17.0 Å². The monoisotopic (exact) mass is 491 g/mol. The maximum atomic E-state index is 12.2. The molecule has 3 aromatic carbocycles. The average Bonchev–Trinajstić information content (AvgIpc) is 2.84. The number of nitrogens with one attached hydrogen (secondary N) is 2. The molecule has 0 spiro atoms. The van der Waals surface area contributed by atoms with Crippen LogP contribution in [0.2, 0.25) is 0 Å². The Kier molecular flexibility index (Phi) is 7.69. The summed E-state index contributed by atoms with van der Waals surface area (Å²) >= 11 is 0. The van der Waals surface area contributed by atoms with Crippen molar-refractivity contribution in [3.63, 3.8) is 0 Å². The number of carbonyl (C=O) groups is 2. The molecule has 0 fully saturated rings. The minimum atomic E-state index is -0.945. The first kappa shape index (κ1) is 25.5. The highest BCUT2D eigenvalue weighted by atomic mass is 16.6. The Morgan fingerprint density at radius 3 is 2.19 bits per heavy atom. The molecule has 184 valence electrons. The molecular formula is C24H21N5O7. The molecule has 3 rings (SSSR count).